The van der Waals surface area contributed by atoms with E-state index in [4.69, 9.17) is 5.84 Å². The van der Waals surface area contributed by atoms with Gasteiger partial charge < -0.3 is 5.32 Å². The first kappa shape index (κ1) is 13.2. The molecule has 0 aliphatic carbocycles. The Labute approximate surface area is 100 Å². The molecule has 0 aromatic heterocycles. The highest BCUT2D eigenvalue weighted by Gasteiger charge is 2.06. The fourth-order valence-electron chi connectivity index (χ4n) is 1.34. The summed E-state index contributed by atoms with van der Waals surface area (Å²) in [4.78, 5) is 22.3. The molecule has 5 heteroatoms. The first-order valence-electron chi connectivity index (χ1n) is 5.39. The summed E-state index contributed by atoms with van der Waals surface area (Å²) in [5, 5.41) is 2.73. The van der Waals surface area contributed by atoms with Crippen LogP contribution in [-0.2, 0) is 9.59 Å². The quantitative estimate of drug-likeness (QED) is 0.413. The van der Waals surface area contributed by atoms with Crippen molar-refractivity contribution >= 4 is 17.5 Å². The summed E-state index contributed by atoms with van der Waals surface area (Å²) < 4.78 is 0. The zero-order valence-electron chi connectivity index (χ0n) is 10.0. The van der Waals surface area contributed by atoms with Gasteiger partial charge in [-0.1, -0.05) is 6.07 Å². The number of rotatable bonds is 4. The lowest BCUT2D eigenvalue weighted by molar-refractivity contribution is -0.124. The molecule has 0 radical (unpaired) electrons. The van der Waals surface area contributed by atoms with Crippen LogP contribution in [0.15, 0.2) is 18.2 Å². The van der Waals surface area contributed by atoms with Crippen LogP contribution in [0.4, 0.5) is 5.69 Å². The average Bonchev–Trinajstić information content (AvgIpc) is 2.31. The number of carbonyl (C=O) groups excluding carboxylic acids is 2. The predicted octanol–water partition coefficient (Wildman–Crippen LogP) is 1.01. The van der Waals surface area contributed by atoms with E-state index in [1.54, 1.807) is 0 Å². The Bertz CT molecular complexity index is 430. The largest absolute Gasteiger partial charge is 0.326 e. The number of amides is 2. The highest BCUT2D eigenvalue weighted by atomic mass is 16.2. The van der Waals surface area contributed by atoms with E-state index in [0.29, 0.717) is 0 Å². The number of nitrogens with two attached hydrogens (primary N) is 1. The molecule has 0 atom stereocenters. The highest BCUT2D eigenvalue weighted by molar-refractivity contribution is 5.93. The third-order valence-corrected chi connectivity index (χ3v) is 2.53. The van der Waals surface area contributed by atoms with Crippen LogP contribution >= 0.6 is 0 Å². The van der Waals surface area contributed by atoms with Crippen molar-refractivity contribution in [3.05, 3.63) is 29.3 Å². The molecule has 0 spiro atoms. The van der Waals surface area contributed by atoms with Gasteiger partial charge in [-0.25, -0.2) is 5.84 Å². The molecule has 0 heterocycles. The van der Waals surface area contributed by atoms with Crippen LogP contribution in [0.3, 0.4) is 0 Å². The van der Waals surface area contributed by atoms with Crippen LogP contribution < -0.4 is 16.6 Å². The molecule has 0 bridgehead atoms. The maximum atomic E-state index is 11.5. The zero-order chi connectivity index (χ0) is 12.8. The average molecular weight is 235 g/mol. The minimum absolute atomic E-state index is 0.0905. The van der Waals surface area contributed by atoms with Crippen LogP contribution in [0.2, 0.25) is 0 Å². The van der Waals surface area contributed by atoms with E-state index in [2.05, 4.69) is 5.32 Å². The summed E-state index contributed by atoms with van der Waals surface area (Å²) in [5.41, 5.74) is 5.01. The van der Waals surface area contributed by atoms with E-state index in [9.17, 15) is 9.59 Å². The van der Waals surface area contributed by atoms with Crippen LogP contribution in [0.5, 0.6) is 0 Å². The number of aryl methyl sites for hydroxylation is 2. The van der Waals surface area contributed by atoms with E-state index in [0.717, 1.165) is 11.3 Å². The molecule has 0 saturated carbocycles. The highest BCUT2D eigenvalue weighted by Crippen LogP contribution is 2.14. The molecule has 1 rings (SSSR count). The molecule has 0 fully saturated rings. The van der Waals surface area contributed by atoms with Gasteiger partial charge in [0.15, 0.2) is 0 Å². The normalized spacial score (nSPS) is 9.82. The molecular weight excluding hydrogens is 218 g/mol. The molecule has 92 valence electrons. The Kier molecular flexibility index (Phi) is 4.66. The van der Waals surface area contributed by atoms with Gasteiger partial charge in [-0.2, -0.15) is 0 Å². The fraction of sp³-hybridized carbons (Fsp3) is 0.333. The van der Waals surface area contributed by atoms with Crippen LogP contribution in [0.25, 0.3) is 0 Å². The predicted molar refractivity (Wildman–Crippen MR) is 66.1 cm³/mol. The minimum atomic E-state index is -0.347. The van der Waals surface area contributed by atoms with Gasteiger partial charge in [-0.15, -0.1) is 0 Å². The Morgan fingerprint density at radius 3 is 2.35 bits per heavy atom. The summed E-state index contributed by atoms with van der Waals surface area (Å²) in [6.45, 7) is 3.99. The maximum absolute atomic E-state index is 11.5. The smallest absolute Gasteiger partial charge is 0.234 e. The van der Waals surface area contributed by atoms with Crippen LogP contribution in [0.1, 0.15) is 24.0 Å². The lowest BCUT2D eigenvalue weighted by atomic mass is 10.1. The molecule has 5 nitrogen and oxygen atoms in total. The monoisotopic (exact) mass is 235 g/mol. The minimum Gasteiger partial charge on any atom is -0.326 e. The van der Waals surface area contributed by atoms with Gasteiger partial charge in [0.25, 0.3) is 0 Å². The third kappa shape index (κ3) is 4.24. The second-order valence-corrected chi connectivity index (χ2v) is 3.91. The van der Waals surface area contributed by atoms with Crippen LogP contribution in [0, 0.1) is 13.8 Å². The summed E-state index contributed by atoms with van der Waals surface area (Å²) in [6.07, 6.45) is 0.211. The van der Waals surface area contributed by atoms with E-state index in [-0.39, 0.29) is 24.7 Å². The van der Waals surface area contributed by atoms with Gasteiger partial charge in [-0.05, 0) is 37.1 Å². The second-order valence-electron chi connectivity index (χ2n) is 3.91. The molecule has 2 amide bonds. The first-order valence-corrected chi connectivity index (χ1v) is 5.39. The fourth-order valence-corrected chi connectivity index (χ4v) is 1.34. The summed E-state index contributed by atoms with van der Waals surface area (Å²) >= 11 is 0. The summed E-state index contributed by atoms with van der Waals surface area (Å²) in [7, 11) is 0. The first-order chi connectivity index (χ1) is 8.02. The number of hydrogen-bond donors (Lipinski definition) is 3. The Morgan fingerprint density at radius 1 is 1.12 bits per heavy atom. The van der Waals surface area contributed by atoms with Gasteiger partial charge in [0.1, 0.15) is 0 Å². The van der Waals surface area contributed by atoms with Gasteiger partial charge in [-0.3, -0.25) is 15.0 Å². The number of benzene rings is 1. The van der Waals surface area contributed by atoms with Crippen molar-refractivity contribution < 1.29 is 9.59 Å². The van der Waals surface area contributed by atoms with E-state index < -0.39 is 0 Å². The van der Waals surface area contributed by atoms with Crippen molar-refractivity contribution in [3.8, 4) is 0 Å². The molecular formula is C12H17N3O2. The number of hydrazine groups is 1. The second kappa shape index (κ2) is 6.00. The number of anilines is 1. The van der Waals surface area contributed by atoms with Gasteiger partial charge in [0, 0.05) is 18.5 Å². The van der Waals surface area contributed by atoms with Crippen molar-refractivity contribution in [3.63, 3.8) is 0 Å². The van der Waals surface area contributed by atoms with Crippen molar-refractivity contribution in [2.75, 3.05) is 5.32 Å². The molecule has 1 aromatic rings. The Hall–Kier alpha value is -1.88. The Balaban J connectivity index is 2.50. The molecule has 0 aliphatic rings. The lowest BCUT2D eigenvalue weighted by Gasteiger charge is -2.07. The van der Waals surface area contributed by atoms with Gasteiger partial charge in [0.2, 0.25) is 11.8 Å². The number of carbonyl (C=O) groups is 2. The summed E-state index contributed by atoms with van der Waals surface area (Å²) in [6, 6.07) is 5.68. The topological polar surface area (TPSA) is 84.2 Å². The van der Waals surface area contributed by atoms with Crippen LogP contribution in [-0.4, -0.2) is 11.8 Å². The SMILES string of the molecule is Cc1ccc(NC(=O)CCC(=O)NN)cc1C. The molecule has 0 aliphatic heterocycles. The third-order valence-electron chi connectivity index (χ3n) is 2.53. The zero-order valence-corrected chi connectivity index (χ0v) is 10.0. The molecule has 4 N–H and O–H groups in total. The number of hydrogen-bond acceptors (Lipinski definition) is 3. The molecule has 1 aromatic carbocycles. The van der Waals surface area contributed by atoms with Crippen molar-refractivity contribution in [1.29, 1.82) is 0 Å². The van der Waals surface area contributed by atoms with E-state index in [1.807, 2.05) is 37.5 Å². The van der Waals surface area contributed by atoms with Crippen molar-refractivity contribution in [2.45, 2.75) is 26.7 Å². The van der Waals surface area contributed by atoms with Gasteiger partial charge in [0.05, 0.1) is 0 Å². The van der Waals surface area contributed by atoms with Crippen molar-refractivity contribution in [1.82, 2.24) is 5.43 Å². The standard InChI is InChI=1S/C12H17N3O2/c1-8-3-4-10(7-9(8)2)14-11(16)5-6-12(17)15-13/h3-4,7H,5-6,13H2,1-2H3,(H,14,16)(H,15,17). The summed E-state index contributed by atoms with van der Waals surface area (Å²) in [5.74, 6) is 4.37. The maximum Gasteiger partial charge on any atom is 0.234 e. The molecule has 0 saturated heterocycles. The number of nitrogens with one attached hydrogen (secondary N) is 2. The molecule has 17 heavy (non-hydrogen) atoms. The molecule has 0 unspecified atom stereocenters. The van der Waals surface area contributed by atoms with E-state index >= 15 is 0 Å². The van der Waals surface area contributed by atoms with Crippen molar-refractivity contribution in [2.24, 2.45) is 5.84 Å². The van der Waals surface area contributed by atoms with E-state index in [1.165, 1.54) is 5.56 Å². The lowest BCUT2D eigenvalue weighted by Crippen LogP contribution is -2.30. The van der Waals surface area contributed by atoms with Gasteiger partial charge >= 0.3 is 0 Å². The Morgan fingerprint density at radius 2 is 1.76 bits per heavy atom.